The van der Waals surface area contributed by atoms with Crippen LogP contribution in [0.2, 0.25) is 0 Å². The van der Waals surface area contributed by atoms with Crippen molar-refractivity contribution in [2.45, 2.75) is 78.1 Å². The van der Waals surface area contributed by atoms with E-state index in [0.29, 0.717) is 0 Å². The van der Waals surface area contributed by atoms with Gasteiger partial charge in [0.05, 0.1) is 0 Å². The first-order valence-electron chi connectivity index (χ1n) is 16.5. The van der Waals surface area contributed by atoms with Crippen LogP contribution in [0, 0.1) is 0 Å². The highest BCUT2D eigenvalue weighted by molar-refractivity contribution is 7.24. The van der Waals surface area contributed by atoms with Gasteiger partial charge in [-0.15, -0.1) is 45.3 Å². The number of thiophene rings is 4. The van der Waals surface area contributed by atoms with Gasteiger partial charge in [-0.2, -0.15) is 0 Å². The second-order valence-corrected chi connectivity index (χ2v) is 16.3. The summed E-state index contributed by atoms with van der Waals surface area (Å²) in [5, 5.41) is 3.59. The van der Waals surface area contributed by atoms with Crippen LogP contribution < -0.4 is 5.32 Å². The van der Waals surface area contributed by atoms with Crippen molar-refractivity contribution in [1.29, 1.82) is 0 Å². The van der Waals surface area contributed by atoms with Crippen molar-refractivity contribution >= 4 is 56.7 Å². The predicted molar refractivity (Wildman–Crippen MR) is 205 cm³/mol. The maximum Gasteiger partial charge on any atom is 0.0449 e. The zero-order valence-corrected chi connectivity index (χ0v) is 29.7. The summed E-state index contributed by atoms with van der Waals surface area (Å²) >= 11 is 7.71. The topological polar surface area (TPSA) is 12.0 Å². The second kappa shape index (κ2) is 16.0. The summed E-state index contributed by atoms with van der Waals surface area (Å²) < 4.78 is 0. The van der Waals surface area contributed by atoms with Crippen molar-refractivity contribution in [3.8, 4) is 40.4 Å². The smallest absolute Gasteiger partial charge is 0.0449 e. The lowest BCUT2D eigenvalue weighted by Crippen LogP contribution is -1.89. The lowest BCUT2D eigenvalue weighted by molar-refractivity contribution is 0.670. The van der Waals surface area contributed by atoms with Crippen LogP contribution in [0.5, 0.6) is 0 Å². The monoisotopic (exact) mass is 665 g/mol. The Bertz CT molecular complexity index is 1620. The van der Waals surface area contributed by atoms with Crippen LogP contribution in [0.25, 0.3) is 40.4 Å². The molecule has 0 amide bonds. The molecule has 4 aromatic heterocycles. The van der Waals surface area contributed by atoms with Gasteiger partial charge in [-0.1, -0.05) is 76.6 Å². The number of anilines is 2. The molecule has 45 heavy (non-hydrogen) atoms. The number of aryl methyl sites for hydroxylation is 2. The molecule has 0 spiro atoms. The number of unbranched alkanes of at least 4 members (excludes halogenated alkanes) is 6. The van der Waals surface area contributed by atoms with E-state index in [2.05, 4.69) is 116 Å². The van der Waals surface area contributed by atoms with Gasteiger partial charge < -0.3 is 5.32 Å². The van der Waals surface area contributed by atoms with E-state index in [-0.39, 0.29) is 0 Å². The first kappa shape index (κ1) is 32.0. The molecule has 4 heterocycles. The molecule has 5 heteroatoms. The average Bonchev–Trinajstić information content (AvgIpc) is 3.89. The molecule has 232 valence electrons. The van der Waals surface area contributed by atoms with E-state index < -0.39 is 0 Å². The molecule has 1 nitrogen and oxygen atoms in total. The molecule has 0 saturated heterocycles. The third-order valence-corrected chi connectivity index (χ3v) is 13.2. The second-order valence-electron chi connectivity index (χ2n) is 11.8. The molecular formula is C40H43NS4. The Morgan fingerprint density at radius 3 is 1.18 bits per heavy atom. The van der Waals surface area contributed by atoms with Crippen LogP contribution in [0.1, 0.15) is 75.0 Å². The van der Waals surface area contributed by atoms with Crippen LogP contribution in [-0.4, -0.2) is 0 Å². The normalized spacial score (nSPS) is 11.3. The minimum atomic E-state index is 1.11. The summed E-state index contributed by atoms with van der Waals surface area (Å²) in [5.41, 5.74) is 4.75. The van der Waals surface area contributed by atoms with Crippen molar-refractivity contribution in [3.63, 3.8) is 0 Å². The summed E-state index contributed by atoms with van der Waals surface area (Å²) in [4.78, 5) is 11.2. The SMILES string of the molecule is CCCCCCc1ccc(-c2ccc(-c3ccc(Nc4ccc(-c5ccc(-c6ccc(CCCCCC)s6)s5)cc4)cc3)s2)s1. The van der Waals surface area contributed by atoms with Gasteiger partial charge in [0.2, 0.25) is 0 Å². The van der Waals surface area contributed by atoms with Crippen molar-refractivity contribution in [2.24, 2.45) is 0 Å². The third-order valence-electron chi connectivity index (χ3n) is 8.20. The maximum atomic E-state index is 3.59. The van der Waals surface area contributed by atoms with Crippen LogP contribution in [0.3, 0.4) is 0 Å². The molecule has 0 atom stereocenters. The Kier molecular flexibility index (Phi) is 11.4. The van der Waals surface area contributed by atoms with Gasteiger partial charge in [-0.3, -0.25) is 0 Å². The number of rotatable bonds is 16. The van der Waals surface area contributed by atoms with E-state index >= 15 is 0 Å². The molecule has 0 saturated carbocycles. The van der Waals surface area contributed by atoms with E-state index in [1.807, 2.05) is 45.3 Å². The number of hydrogen-bond acceptors (Lipinski definition) is 5. The summed E-state index contributed by atoms with van der Waals surface area (Å²) in [5.74, 6) is 0. The molecule has 0 bridgehead atoms. The Hall–Kier alpha value is -2.96. The van der Waals surface area contributed by atoms with Crippen LogP contribution >= 0.6 is 45.3 Å². The van der Waals surface area contributed by atoms with Crippen molar-refractivity contribution in [1.82, 2.24) is 0 Å². The zero-order chi connectivity index (χ0) is 30.8. The van der Waals surface area contributed by atoms with E-state index in [4.69, 9.17) is 0 Å². The van der Waals surface area contributed by atoms with Crippen molar-refractivity contribution in [2.75, 3.05) is 5.32 Å². The summed E-state index contributed by atoms with van der Waals surface area (Å²) in [7, 11) is 0. The Balaban J connectivity index is 1.03. The minimum Gasteiger partial charge on any atom is -0.356 e. The molecule has 2 aromatic carbocycles. The van der Waals surface area contributed by atoms with E-state index in [1.165, 1.54) is 114 Å². The fourth-order valence-corrected chi connectivity index (χ4v) is 9.90. The molecule has 0 aliphatic carbocycles. The maximum absolute atomic E-state index is 3.59. The average molecular weight is 666 g/mol. The van der Waals surface area contributed by atoms with E-state index in [1.54, 1.807) is 0 Å². The summed E-state index contributed by atoms with van der Waals surface area (Å²) in [6, 6.07) is 36.0. The molecule has 0 aliphatic heterocycles. The first-order valence-corrected chi connectivity index (χ1v) is 19.8. The molecule has 6 aromatic rings. The molecule has 0 unspecified atom stereocenters. The Labute approximate surface area is 285 Å². The van der Waals surface area contributed by atoms with Gasteiger partial charge in [-0.25, -0.2) is 0 Å². The standard InChI is InChI=1S/C40H43NS4/c1-3-5-7-9-11-33-21-23-37(42-33)39-27-25-35(44-39)29-13-17-31(18-14-29)41-32-19-15-30(16-20-32)36-26-28-40(45-36)38-24-22-34(43-38)12-10-8-6-4-2/h13-28,41H,3-12H2,1-2H3. The summed E-state index contributed by atoms with van der Waals surface area (Å²) in [6.45, 7) is 4.55. The van der Waals surface area contributed by atoms with Gasteiger partial charge in [0.25, 0.3) is 0 Å². The minimum absolute atomic E-state index is 1.11. The van der Waals surface area contributed by atoms with Crippen molar-refractivity contribution in [3.05, 3.63) is 107 Å². The molecule has 0 fully saturated rings. The third kappa shape index (κ3) is 8.65. The van der Waals surface area contributed by atoms with Crippen LogP contribution in [0.4, 0.5) is 11.4 Å². The van der Waals surface area contributed by atoms with Gasteiger partial charge >= 0.3 is 0 Å². The zero-order valence-electron chi connectivity index (χ0n) is 26.4. The molecular weight excluding hydrogens is 623 g/mol. The van der Waals surface area contributed by atoms with Gasteiger partial charge in [-0.05, 0) is 110 Å². The molecule has 6 rings (SSSR count). The Morgan fingerprint density at radius 2 is 0.756 bits per heavy atom. The highest BCUT2D eigenvalue weighted by Crippen LogP contribution is 2.40. The predicted octanol–water partition coefficient (Wildman–Crippen LogP) is 14.6. The number of benzene rings is 2. The molecule has 0 radical (unpaired) electrons. The van der Waals surface area contributed by atoms with Gasteiger partial charge in [0.1, 0.15) is 0 Å². The van der Waals surface area contributed by atoms with Crippen molar-refractivity contribution < 1.29 is 0 Å². The fourth-order valence-electron chi connectivity index (χ4n) is 5.59. The van der Waals surface area contributed by atoms with Gasteiger partial charge in [0, 0.05) is 50.4 Å². The van der Waals surface area contributed by atoms with E-state index in [0.717, 1.165) is 11.4 Å². The quantitative estimate of drug-likeness (QED) is 0.101. The highest BCUT2D eigenvalue weighted by Gasteiger charge is 2.10. The van der Waals surface area contributed by atoms with Gasteiger partial charge in [0.15, 0.2) is 0 Å². The summed E-state index contributed by atoms with van der Waals surface area (Å²) in [6.07, 6.45) is 13.0. The molecule has 0 aliphatic rings. The highest BCUT2D eigenvalue weighted by atomic mass is 32.1. The van der Waals surface area contributed by atoms with Crippen LogP contribution in [0.15, 0.2) is 97.1 Å². The molecule has 1 N–H and O–H groups in total. The van der Waals surface area contributed by atoms with Crippen LogP contribution in [-0.2, 0) is 12.8 Å². The lowest BCUT2D eigenvalue weighted by atomic mass is 10.1. The first-order chi connectivity index (χ1) is 22.2. The lowest BCUT2D eigenvalue weighted by Gasteiger charge is -2.08. The largest absolute Gasteiger partial charge is 0.356 e. The number of hydrogen-bond donors (Lipinski definition) is 1. The number of nitrogens with one attached hydrogen (secondary N) is 1. The Morgan fingerprint density at radius 1 is 0.378 bits per heavy atom. The fraction of sp³-hybridized carbons (Fsp3) is 0.300. The van der Waals surface area contributed by atoms with E-state index in [9.17, 15) is 0 Å².